The summed E-state index contributed by atoms with van der Waals surface area (Å²) in [5.41, 5.74) is 0. The molecule has 0 fully saturated rings. The van der Waals surface area contributed by atoms with E-state index in [4.69, 9.17) is 14.2 Å². The summed E-state index contributed by atoms with van der Waals surface area (Å²) in [5, 5.41) is 11.5. The highest BCUT2D eigenvalue weighted by atomic mass is 16.6. The zero-order valence-electron chi connectivity index (χ0n) is 31.3. The normalized spacial score (nSPS) is 13.9. The zero-order valence-corrected chi connectivity index (χ0v) is 31.3. The quantitative estimate of drug-likeness (QED) is 0.0240. The Balaban J connectivity index is 4.48. The van der Waals surface area contributed by atoms with Crippen molar-refractivity contribution >= 4 is 17.9 Å². The minimum atomic E-state index is -1.14. The molecule has 49 heavy (non-hydrogen) atoms. The summed E-state index contributed by atoms with van der Waals surface area (Å²) >= 11 is 0. The fourth-order valence-electron chi connectivity index (χ4n) is 4.79. The van der Waals surface area contributed by atoms with Gasteiger partial charge in [-0.1, -0.05) is 119 Å². The van der Waals surface area contributed by atoms with Crippen molar-refractivity contribution < 1.29 is 38.2 Å². The Morgan fingerprint density at radius 2 is 1.27 bits per heavy atom. The van der Waals surface area contributed by atoms with Crippen LogP contribution in [0.1, 0.15) is 117 Å². The fourth-order valence-corrected chi connectivity index (χ4v) is 4.79. The maximum absolute atomic E-state index is 12.6. The van der Waals surface area contributed by atoms with E-state index < -0.39 is 18.1 Å². The molecule has 8 heteroatoms. The molecule has 0 spiro atoms. The number of hydrogen-bond acceptors (Lipinski definition) is 7. The Bertz CT molecular complexity index is 1030. The summed E-state index contributed by atoms with van der Waals surface area (Å²) < 4.78 is 16.9. The van der Waals surface area contributed by atoms with Crippen molar-refractivity contribution in [2.45, 2.75) is 129 Å². The van der Waals surface area contributed by atoms with Crippen LogP contribution in [0.4, 0.5) is 0 Å². The molecule has 278 valence electrons. The lowest BCUT2D eigenvalue weighted by Crippen LogP contribution is -2.55. The van der Waals surface area contributed by atoms with Crippen LogP contribution in [0.5, 0.6) is 0 Å². The lowest BCUT2D eigenvalue weighted by molar-refractivity contribution is -0.889. The van der Waals surface area contributed by atoms with E-state index in [0.717, 1.165) is 57.8 Å². The minimum Gasteiger partial charge on any atom is -0.544 e. The summed E-state index contributed by atoms with van der Waals surface area (Å²) in [6.07, 6.45) is 38.2. The number of carbonyl (C=O) groups excluding carboxylic acids is 3. The first-order chi connectivity index (χ1) is 23.6. The van der Waals surface area contributed by atoms with Crippen LogP contribution in [-0.2, 0) is 28.6 Å². The topological polar surface area (TPSA) is 102 Å². The van der Waals surface area contributed by atoms with Crippen LogP contribution < -0.4 is 5.11 Å². The molecule has 0 aliphatic rings. The van der Waals surface area contributed by atoms with Crippen LogP contribution in [0, 0.1) is 0 Å². The van der Waals surface area contributed by atoms with Gasteiger partial charge in [0.05, 0.1) is 40.3 Å². The largest absolute Gasteiger partial charge is 0.544 e. The standard InChI is InChI=1S/C41H67NO7/c1-6-8-10-12-14-15-16-17-18-19-20-21-22-23-24-26-28-30-32-40(44)49-37(35-47-34-33-38(41(45)46)42(3,4)5)36-48-39(43)31-29-27-25-13-11-9-7-2/h9,11,14-21,25,27,37-38H,6-8,10,12-13,22-24,26,28-36H2,1-5H3/b11-9+,15-14+,17-16+,19-18+,21-20+,27-25+. The van der Waals surface area contributed by atoms with Crippen molar-refractivity contribution in [1.29, 1.82) is 0 Å². The van der Waals surface area contributed by atoms with Crippen molar-refractivity contribution in [3.8, 4) is 0 Å². The molecule has 8 nitrogen and oxygen atoms in total. The summed E-state index contributed by atoms with van der Waals surface area (Å²) in [7, 11) is 5.35. The van der Waals surface area contributed by atoms with Gasteiger partial charge in [-0.3, -0.25) is 9.59 Å². The lowest BCUT2D eigenvalue weighted by atomic mass is 10.1. The monoisotopic (exact) mass is 685 g/mol. The van der Waals surface area contributed by atoms with Crippen LogP contribution in [0.25, 0.3) is 0 Å². The summed E-state index contributed by atoms with van der Waals surface area (Å²) in [5.74, 6) is -1.87. The highest BCUT2D eigenvalue weighted by Crippen LogP contribution is 2.11. The molecule has 0 radical (unpaired) electrons. The highest BCUT2D eigenvalue weighted by Gasteiger charge is 2.25. The molecular formula is C41H67NO7. The molecule has 0 aliphatic heterocycles. The van der Waals surface area contributed by atoms with Gasteiger partial charge in [-0.15, -0.1) is 0 Å². The average Bonchev–Trinajstić information content (AvgIpc) is 3.05. The molecule has 0 bridgehead atoms. The molecule has 0 aromatic carbocycles. The second-order valence-corrected chi connectivity index (χ2v) is 13.2. The van der Waals surface area contributed by atoms with E-state index in [0.29, 0.717) is 6.42 Å². The summed E-state index contributed by atoms with van der Waals surface area (Å²) in [6.45, 7) is 4.34. The van der Waals surface area contributed by atoms with Crippen molar-refractivity contribution in [3.63, 3.8) is 0 Å². The molecule has 2 unspecified atom stereocenters. The van der Waals surface area contributed by atoms with Gasteiger partial charge in [0.25, 0.3) is 0 Å². The molecule has 0 rings (SSSR count). The summed E-state index contributed by atoms with van der Waals surface area (Å²) in [4.78, 5) is 36.4. The third kappa shape index (κ3) is 30.6. The third-order valence-corrected chi connectivity index (χ3v) is 7.68. The molecule has 0 heterocycles. The molecule has 0 aromatic rings. The smallest absolute Gasteiger partial charge is 0.306 e. The first-order valence-electron chi connectivity index (χ1n) is 18.5. The number of ether oxygens (including phenoxy) is 3. The van der Waals surface area contributed by atoms with E-state index >= 15 is 0 Å². The first-order valence-corrected chi connectivity index (χ1v) is 18.5. The van der Waals surface area contributed by atoms with Crippen molar-refractivity contribution in [3.05, 3.63) is 72.9 Å². The zero-order chi connectivity index (χ0) is 36.4. The Kier molecular flexibility index (Phi) is 29.9. The number of carboxylic acids is 1. The van der Waals surface area contributed by atoms with Gasteiger partial charge >= 0.3 is 11.9 Å². The Morgan fingerprint density at radius 3 is 1.90 bits per heavy atom. The predicted octanol–water partition coefficient (Wildman–Crippen LogP) is 7.90. The molecule has 0 aliphatic carbocycles. The van der Waals surface area contributed by atoms with E-state index in [-0.39, 0.29) is 55.5 Å². The maximum Gasteiger partial charge on any atom is 0.306 e. The number of nitrogens with zero attached hydrogens (tertiary/aromatic N) is 1. The Hall–Kier alpha value is -3.23. The van der Waals surface area contributed by atoms with E-state index in [1.807, 2.05) is 30.4 Å². The fraction of sp³-hybridized carbons (Fsp3) is 0.634. The number of likely N-dealkylation sites (N-methyl/N-ethyl adjacent to an activating group) is 1. The molecule has 0 N–H and O–H groups in total. The number of carbonyl (C=O) groups is 3. The number of carboxylic acid groups (broad SMARTS) is 1. The van der Waals surface area contributed by atoms with Gasteiger partial charge in [0, 0.05) is 19.3 Å². The van der Waals surface area contributed by atoms with Crippen LogP contribution in [-0.4, -0.2) is 75.5 Å². The Labute approximate surface area is 298 Å². The predicted molar refractivity (Wildman–Crippen MR) is 199 cm³/mol. The first kappa shape index (κ1) is 45.8. The molecule has 0 aromatic heterocycles. The maximum atomic E-state index is 12.6. The van der Waals surface area contributed by atoms with Gasteiger partial charge in [0.15, 0.2) is 6.10 Å². The molecule has 0 amide bonds. The van der Waals surface area contributed by atoms with E-state index in [1.54, 1.807) is 21.1 Å². The number of rotatable bonds is 31. The lowest BCUT2D eigenvalue weighted by Gasteiger charge is -2.34. The van der Waals surface area contributed by atoms with Crippen LogP contribution in [0.15, 0.2) is 72.9 Å². The molecule has 2 atom stereocenters. The third-order valence-electron chi connectivity index (χ3n) is 7.68. The van der Waals surface area contributed by atoms with Crippen molar-refractivity contribution in [2.75, 3.05) is 41.0 Å². The SMILES string of the molecule is CC/C=C/C/C=C/CCC(=O)OCC(COCCC(C(=O)[O-])[N+](C)(C)C)OC(=O)CCCCCCC/C=C/C=C/C=C/C=C/CCCCC. The molecular weight excluding hydrogens is 618 g/mol. The van der Waals surface area contributed by atoms with E-state index in [9.17, 15) is 19.5 Å². The van der Waals surface area contributed by atoms with Gasteiger partial charge in [-0.2, -0.15) is 0 Å². The van der Waals surface area contributed by atoms with Crippen LogP contribution >= 0.6 is 0 Å². The number of aliphatic carboxylic acids is 1. The van der Waals surface area contributed by atoms with Gasteiger partial charge in [0.1, 0.15) is 12.6 Å². The minimum absolute atomic E-state index is 0.00869. The van der Waals surface area contributed by atoms with Crippen molar-refractivity contribution in [2.24, 2.45) is 0 Å². The van der Waals surface area contributed by atoms with Crippen molar-refractivity contribution in [1.82, 2.24) is 0 Å². The number of esters is 2. The van der Waals surface area contributed by atoms with E-state index in [1.165, 1.54) is 19.3 Å². The van der Waals surface area contributed by atoms with Gasteiger partial charge in [-0.25, -0.2) is 0 Å². The second kappa shape index (κ2) is 32.0. The molecule has 0 saturated carbocycles. The molecule has 0 saturated heterocycles. The number of hydrogen-bond donors (Lipinski definition) is 0. The second-order valence-electron chi connectivity index (χ2n) is 13.2. The van der Waals surface area contributed by atoms with Crippen LogP contribution in [0.2, 0.25) is 0 Å². The number of allylic oxidation sites excluding steroid dienone is 12. The highest BCUT2D eigenvalue weighted by molar-refractivity contribution is 5.70. The van der Waals surface area contributed by atoms with Crippen LogP contribution in [0.3, 0.4) is 0 Å². The number of unbranched alkanes of at least 4 members (excludes halogenated alkanes) is 8. The average molecular weight is 686 g/mol. The Morgan fingerprint density at radius 1 is 0.653 bits per heavy atom. The van der Waals surface area contributed by atoms with Gasteiger partial charge in [0.2, 0.25) is 0 Å². The van der Waals surface area contributed by atoms with Gasteiger partial charge < -0.3 is 28.6 Å². The number of quaternary nitrogens is 1. The van der Waals surface area contributed by atoms with Gasteiger partial charge in [-0.05, 0) is 51.4 Å². The summed E-state index contributed by atoms with van der Waals surface area (Å²) in [6, 6.07) is -0.739. The van der Waals surface area contributed by atoms with E-state index in [2.05, 4.69) is 56.4 Å².